The number of nitrogens with zero attached hydrogens (tertiary/aromatic N) is 8. The van der Waals surface area contributed by atoms with Gasteiger partial charge in [0, 0.05) is 36.7 Å². The molecular weight excluding hydrogens is 704 g/mol. The molecule has 0 spiro atoms. The van der Waals surface area contributed by atoms with Crippen molar-refractivity contribution in [3.63, 3.8) is 0 Å². The summed E-state index contributed by atoms with van der Waals surface area (Å²) in [7, 11) is 13.2. The van der Waals surface area contributed by atoms with Crippen LogP contribution in [0, 0.1) is 6.92 Å². The first kappa shape index (κ1) is 36.9. The standard InChI is InChI=1S/C32H31B2ClF3N9O5/c1-4-22-24(44-9-10-45(16(2)14-44)27(49)23-25(48)17(3)39-15-40-23)28(50)47-30(42-26(43-47)18-7-11-52-12-8-18)46(22)31(33,34)29(51)41-21-6-5-19(13-20(21)35)32(36,37)38/h5-7,13,15-16,48H,4,8-12,14H2,1-3H3,(H,41,51)/t16-/m1/s1. The number of benzene rings is 1. The normalized spacial score (nSPS) is 17.0. The molecule has 0 bridgehead atoms. The number of nitrogens with one attached hydrogen (secondary N) is 1. The molecule has 0 saturated carbocycles. The average molecular weight is 736 g/mol. The number of aromatic hydroxyl groups is 1. The van der Waals surface area contributed by atoms with Crippen LogP contribution in [0.1, 0.15) is 53.5 Å². The average Bonchev–Trinajstić information content (AvgIpc) is 3.55. The van der Waals surface area contributed by atoms with E-state index in [0.717, 1.165) is 16.6 Å². The Hall–Kier alpha value is -4.90. The van der Waals surface area contributed by atoms with Crippen molar-refractivity contribution < 1.29 is 32.6 Å². The molecule has 4 radical (unpaired) electrons. The van der Waals surface area contributed by atoms with E-state index in [1.54, 1.807) is 31.7 Å². The van der Waals surface area contributed by atoms with E-state index in [-0.39, 0.29) is 71.9 Å². The zero-order chi connectivity index (χ0) is 37.7. The summed E-state index contributed by atoms with van der Waals surface area (Å²) < 4.78 is 47.4. The lowest BCUT2D eigenvalue weighted by atomic mass is 9.60. The molecule has 2 N–H and O–H groups in total. The van der Waals surface area contributed by atoms with Gasteiger partial charge in [0.15, 0.2) is 17.3 Å². The zero-order valence-electron chi connectivity index (χ0n) is 28.2. The number of piperazine rings is 1. The van der Waals surface area contributed by atoms with Gasteiger partial charge in [0.25, 0.3) is 11.5 Å². The third kappa shape index (κ3) is 6.62. The highest BCUT2D eigenvalue weighted by atomic mass is 35.5. The molecule has 4 aromatic rings. The predicted octanol–water partition coefficient (Wildman–Crippen LogP) is 2.67. The highest BCUT2D eigenvalue weighted by Crippen LogP contribution is 2.35. The maximum absolute atomic E-state index is 14.4. The summed E-state index contributed by atoms with van der Waals surface area (Å²) in [6.07, 6.45) is -1.18. The minimum atomic E-state index is -4.68. The van der Waals surface area contributed by atoms with Crippen LogP contribution in [-0.4, -0.2) is 106 Å². The maximum atomic E-state index is 14.4. The van der Waals surface area contributed by atoms with Crippen LogP contribution < -0.4 is 15.8 Å². The number of hydrogen-bond donors (Lipinski definition) is 2. The lowest BCUT2D eigenvalue weighted by molar-refractivity contribution is -0.137. The van der Waals surface area contributed by atoms with Crippen molar-refractivity contribution >= 4 is 61.8 Å². The minimum Gasteiger partial charge on any atom is -0.504 e. The molecule has 1 atom stereocenters. The van der Waals surface area contributed by atoms with E-state index < -0.39 is 45.5 Å². The molecule has 2 aliphatic rings. The summed E-state index contributed by atoms with van der Waals surface area (Å²) in [6.45, 7) is 6.08. The third-order valence-corrected chi connectivity index (χ3v) is 9.32. The Labute approximate surface area is 302 Å². The number of ether oxygens (including phenoxy) is 1. The second-order valence-electron chi connectivity index (χ2n) is 12.4. The van der Waals surface area contributed by atoms with Gasteiger partial charge < -0.3 is 29.5 Å². The van der Waals surface area contributed by atoms with E-state index >= 15 is 0 Å². The highest BCUT2D eigenvalue weighted by molar-refractivity contribution is 6.50. The molecule has 2 amide bonds. The van der Waals surface area contributed by atoms with Crippen LogP contribution in [0.2, 0.25) is 5.02 Å². The van der Waals surface area contributed by atoms with E-state index in [0.29, 0.717) is 31.3 Å². The summed E-state index contributed by atoms with van der Waals surface area (Å²) in [5, 5.41) is 14.4. The Morgan fingerprint density at radius 2 is 1.94 bits per heavy atom. The molecule has 1 aromatic carbocycles. The molecule has 0 aliphatic carbocycles. The first-order chi connectivity index (χ1) is 24.5. The maximum Gasteiger partial charge on any atom is 0.416 e. The Morgan fingerprint density at radius 1 is 1.19 bits per heavy atom. The van der Waals surface area contributed by atoms with Gasteiger partial charge in [-0.05, 0) is 50.5 Å². The van der Waals surface area contributed by atoms with Gasteiger partial charge in [-0.1, -0.05) is 24.6 Å². The molecule has 2 aliphatic heterocycles. The van der Waals surface area contributed by atoms with Crippen LogP contribution in [0.15, 0.2) is 35.4 Å². The summed E-state index contributed by atoms with van der Waals surface area (Å²) in [6, 6.07) is 1.87. The minimum absolute atomic E-state index is 0.0905. The fourth-order valence-electron chi connectivity index (χ4n) is 6.27. The lowest BCUT2D eigenvalue weighted by Crippen LogP contribution is -2.56. The molecule has 6 rings (SSSR count). The Kier molecular flexibility index (Phi) is 9.87. The van der Waals surface area contributed by atoms with E-state index in [9.17, 15) is 32.7 Å². The van der Waals surface area contributed by atoms with Crippen LogP contribution in [0.5, 0.6) is 5.75 Å². The molecule has 3 aromatic heterocycles. The van der Waals surface area contributed by atoms with Gasteiger partial charge >= 0.3 is 6.18 Å². The fraction of sp³-hybridized carbons (Fsp3) is 0.406. The first-order valence-electron chi connectivity index (χ1n) is 16.2. The predicted molar refractivity (Wildman–Crippen MR) is 186 cm³/mol. The van der Waals surface area contributed by atoms with Crippen LogP contribution in [0.3, 0.4) is 0 Å². The molecule has 268 valence electrons. The lowest BCUT2D eigenvalue weighted by Gasteiger charge is -2.42. The number of fused-ring (bicyclic) bond motifs is 1. The third-order valence-electron chi connectivity index (χ3n) is 9.00. The number of aromatic nitrogens is 6. The molecule has 14 nitrogen and oxygen atoms in total. The number of anilines is 2. The molecule has 0 unspecified atom stereocenters. The van der Waals surface area contributed by atoms with Gasteiger partial charge in [0.1, 0.15) is 27.7 Å². The van der Waals surface area contributed by atoms with E-state index in [1.807, 2.05) is 0 Å². The molecular formula is C32H31B2ClF3N9O5. The second kappa shape index (κ2) is 13.9. The van der Waals surface area contributed by atoms with Gasteiger partial charge in [0.05, 0.1) is 35.2 Å². The molecule has 1 fully saturated rings. The Balaban J connectivity index is 1.43. The van der Waals surface area contributed by atoms with Gasteiger partial charge in [-0.3, -0.25) is 14.4 Å². The Morgan fingerprint density at radius 3 is 2.58 bits per heavy atom. The van der Waals surface area contributed by atoms with Crippen LogP contribution in [0.25, 0.3) is 11.4 Å². The fourth-order valence-corrected chi connectivity index (χ4v) is 6.50. The van der Waals surface area contributed by atoms with Crippen molar-refractivity contribution in [2.24, 2.45) is 0 Å². The summed E-state index contributed by atoms with van der Waals surface area (Å²) in [5.41, 5.74) is -0.743. The number of amides is 2. The quantitative estimate of drug-likeness (QED) is 0.270. The first-order valence-corrected chi connectivity index (χ1v) is 16.6. The topological polar surface area (TPSA) is 160 Å². The van der Waals surface area contributed by atoms with Gasteiger partial charge in [-0.25, -0.2) is 9.97 Å². The number of aryl methyl sites for hydroxylation is 1. The number of carbonyl (C=O) groups excluding carboxylic acids is 2. The number of hydrogen-bond acceptors (Lipinski definition) is 10. The molecule has 52 heavy (non-hydrogen) atoms. The highest BCUT2D eigenvalue weighted by Gasteiger charge is 2.39. The van der Waals surface area contributed by atoms with Crippen molar-refractivity contribution in [1.29, 1.82) is 0 Å². The zero-order valence-corrected chi connectivity index (χ0v) is 29.0. The summed E-state index contributed by atoms with van der Waals surface area (Å²) >= 11 is 6.13. The summed E-state index contributed by atoms with van der Waals surface area (Å²) in [5.74, 6) is -1.92. The van der Waals surface area contributed by atoms with Gasteiger partial charge in [-0.2, -0.15) is 22.7 Å². The molecule has 5 heterocycles. The SMILES string of the molecule is [B]C([B])(C(=O)Nc1ccc(C(F)(F)F)cc1Cl)n1c(CC)c(N2CCN(C(=O)c3ncnc(C)c3O)[C@H](C)C2)c(=O)n2nc(C3=CCOCC3)nc12. The number of rotatable bonds is 7. The van der Waals surface area contributed by atoms with Crippen LogP contribution >= 0.6 is 11.6 Å². The van der Waals surface area contributed by atoms with Crippen molar-refractivity contribution in [2.75, 3.05) is 43.1 Å². The van der Waals surface area contributed by atoms with Crippen molar-refractivity contribution in [2.45, 2.75) is 51.2 Å². The van der Waals surface area contributed by atoms with Gasteiger partial charge in [-0.15, -0.1) is 5.10 Å². The number of alkyl halides is 3. The van der Waals surface area contributed by atoms with E-state index in [4.69, 9.17) is 32.0 Å². The van der Waals surface area contributed by atoms with E-state index in [1.165, 1.54) is 15.8 Å². The summed E-state index contributed by atoms with van der Waals surface area (Å²) in [4.78, 5) is 57.4. The second-order valence-corrected chi connectivity index (χ2v) is 12.8. The van der Waals surface area contributed by atoms with Crippen LogP contribution in [-0.2, 0) is 27.5 Å². The monoisotopic (exact) mass is 735 g/mol. The van der Waals surface area contributed by atoms with Crippen molar-refractivity contribution in [3.05, 3.63) is 74.4 Å². The van der Waals surface area contributed by atoms with Crippen LogP contribution in [0.4, 0.5) is 24.5 Å². The Bertz CT molecular complexity index is 2180. The van der Waals surface area contributed by atoms with Gasteiger partial charge in [0.2, 0.25) is 11.7 Å². The smallest absolute Gasteiger partial charge is 0.416 e. The molecule has 20 heteroatoms. The van der Waals surface area contributed by atoms with Crippen molar-refractivity contribution in [1.82, 2.24) is 34.0 Å². The number of carbonyl (C=O) groups is 2. The largest absolute Gasteiger partial charge is 0.504 e. The molecule has 1 saturated heterocycles. The van der Waals surface area contributed by atoms with E-state index in [2.05, 4.69) is 25.4 Å². The number of halogens is 4. The van der Waals surface area contributed by atoms with Crippen molar-refractivity contribution in [3.8, 4) is 5.75 Å².